The summed E-state index contributed by atoms with van der Waals surface area (Å²) in [4.78, 5) is 183. The lowest BCUT2D eigenvalue weighted by Gasteiger charge is -2.43. The lowest BCUT2D eigenvalue weighted by Crippen LogP contribution is -2.57. The van der Waals surface area contributed by atoms with Crippen LogP contribution in [0.3, 0.4) is 0 Å². The van der Waals surface area contributed by atoms with Gasteiger partial charge in [-0.15, -0.1) is 12.4 Å². The van der Waals surface area contributed by atoms with E-state index in [0.717, 1.165) is 84.5 Å². The number of likely N-dealkylation sites (tertiary alicyclic amines) is 3. The molecular formula is C102H149Br3ClFN16O21. The zero-order valence-electron chi connectivity index (χ0n) is 87.3. The van der Waals surface area contributed by atoms with E-state index in [2.05, 4.69) is 93.6 Å². The van der Waals surface area contributed by atoms with E-state index in [-0.39, 0.29) is 71.8 Å². The normalized spacial score (nSPS) is 17.2. The molecule has 0 saturated carbocycles. The van der Waals surface area contributed by atoms with E-state index in [0.29, 0.717) is 145 Å². The van der Waals surface area contributed by atoms with Gasteiger partial charge >= 0.3 is 48.1 Å². The number of benzene rings is 5. The second-order valence-corrected chi connectivity index (χ2v) is 42.0. The van der Waals surface area contributed by atoms with Gasteiger partial charge in [-0.3, -0.25) is 24.0 Å². The van der Waals surface area contributed by atoms with Crippen molar-refractivity contribution in [2.45, 2.75) is 179 Å². The largest absolute Gasteiger partial charge is 0.480 e. The number of carboxylic acids is 1. The summed E-state index contributed by atoms with van der Waals surface area (Å²) in [7, 11) is 17.2. The maximum absolute atomic E-state index is 13.7. The minimum atomic E-state index is -1.13. The Bertz CT molecular complexity index is 5100. The molecule has 8 amide bonds. The van der Waals surface area contributed by atoms with Gasteiger partial charge in [-0.05, 0) is 291 Å². The van der Waals surface area contributed by atoms with Gasteiger partial charge in [0.25, 0.3) is 5.91 Å². The molecule has 798 valence electrons. The summed E-state index contributed by atoms with van der Waals surface area (Å²) in [6.07, 6.45) is 3.63. The molecule has 8 aliphatic heterocycles. The van der Waals surface area contributed by atoms with Crippen molar-refractivity contribution in [1.82, 2.24) is 60.5 Å². The predicted molar refractivity (Wildman–Crippen MR) is 564 cm³/mol. The van der Waals surface area contributed by atoms with Gasteiger partial charge in [-0.1, -0.05) is 73.3 Å². The number of alkyl halides is 3. The number of nitrogens with one attached hydrogen (secondary N) is 4. The molecule has 1 atom stereocenters. The highest BCUT2D eigenvalue weighted by Gasteiger charge is 2.58. The summed E-state index contributed by atoms with van der Waals surface area (Å²) in [6, 6.07) is 31.7. The van der Waals surface area contributed by atoms with Gasteiger partial charge in [0.05, 0.1) is 82.9 Å². The first kappa shape index (κ1) is 122. The van der Waals surface area contributed by atoms with Gasteiger partial charge in [0.2, 0.25) is 23.6 Å². The van der Waals surface area contributed by atoms with Crippen LogP contribution in [0.2, 0.25) is 0 Å². The van der Waals surface area contributed by atoms with Crippen LogP contribution < -0.4 is 40.9 Å². The fourth-order valence-electron chi connectivity index (χ4n) is 17.6. The minimum absolute atomic E-state index is 0. The van der Waals surface area contributed by atoms with Crippen LogP contribution in [0.25, 0.3) is 0 Å². The monoisotopic (exact) mass is 2220 g/mol. The molecule has 13 rings (SSSR count). The Labute approximate surface area is 878 Å². The molecule has 4 spiro atoms. The number of ether oxygens (including phenoxy) is 7. The summed E-state index contributed by atoms with van der Waals surface area (Å²) in [6.45, 7) is 31.4. The molecule has 0 unspecified atom stereocenters. The number of carboxylic acid groups (broad SMARTS) is 1. The molecule has 0 bridgehead atoms. The third-order valence-corrected chi connectivity index (χ3v) is 27.3. The first-order valence-electron chi connectivity index (χ1n) is 47.9. The molecule has 0 radical (unpaired) electrons. The molecule has 8 saturated heterocycles. The number of halogens is 5. The highest BCUT2D eigenvalue weighted by Crippen LogP contribution is 2.44. The van der Waals surface area contributed by atoms with E-state index in [1.54, 1.807) is 90.1 Å². The molecule has 5 aromatic rings. The van der Waals surface area contributed by atoms with Crippen molar-refractivity contribution in [2.75, 3.05) is 218 Å². The molecule has 5 N–H and O–H groups in total. The molecular weight excluding hydrogens is 2080 g/mol. The van der Waals surface area contributed by atoms with Crippen molar-refractivity contribution in [1.29, 1.82) is 0 Å². The topological polar surface area (TPSA) is 394 Å². The van der Waals surface area contributed by atoms with Crippen LogP contribution in [0.4, 0.5) is 41.5 Å². The summed E-state index contributed by atoms with van der Waals surface area (Å²) < 4.78 is 49.0. The number of anilines is 4. The lowest BCUT2D eigenvalue weighted by atomic mass is 9.85. The van der Waals surface area contributed by atoms with Gasteiger partial charge in [0.15, 0.2) is 0 Å². The van der Waals surface area contributed by atoms with Crippen LogP contribution in [0.1, 0.15) is 185 Å². The molecule has 0 aromatic heterocycles. The number of hydrogen-bond acceptors (Lipinski definition) is 28. The lowest BCUT2D eigenvalue weighted by molar-refractivity contribution is -0.140. The second kappa shape index (κ2) is 55.2. The maximum Gasteiger partial charge on any atom is 0.410 e. The molecule has 8 fully saturated rings. The SMILES string of the molecule is BrCCBr.CNC.COC(=O)c1ccc(N2CN(CCBr)C(=O)C23CCN(C(=O)OC(C)(C)C)CC3)cc1.COC(=O)c1ccc(N2CN(CCN(C)C)C(=O)C23CCN(C(=O)OC(C)(C)C)CC3)cc1.COC(=O)c1ccc(N2CN(CCN(C)C)C(=O)C23CCNCC3)cc1.COC(=O)c1ccc(N2CNC(=O)C23CCN(C(=O)OC(C)(C)C)CC3)cc1.Cc1ccc(F)c(C(=O)N[C@@H](C(=O)O)C(C)C)c1.Cl. The zero-order chi connectivity index (χ0) is 106. The van der Waals surface area contributed by atoms with Crippen LogP contribution in [0, 0.1) is 18.7 Å². The van der Waals surface area contributed by atoms with E-state index in [1.807, 2.05) is 173 Å². The molecule has 0 aliphatic carbocycles. The molecule has 8 heterocycles. The van der Waals surface area contributed by atoms with Crippen molar-refractivity contribution in [2.24, 2.45) is 5.92 Å². The van der Waals surface area contributed by atoms with Crippen molar-refractivity contribution >= 4 is 161 Å². The number of carbonyl (C=O) groups is 13. The summed E-state index contributed by atoms with van der Waals surface area (Å²) in [5.74, 6) is -3.98. The Kier molecular flexibility index (Phi) is 46.8. The van der Waals surface area contributed by atoms with Crippen molar-refractivity contribution in [3.05, 3.63) is 154 Å². The molecule has 42 heteroatoms. The van der Waals surface area contributed by atoms with Gasteiger partial charge in [-0.25, -0.2) is 42.7 Å². The number of amides is 8. The average Bonchev–Trinajstić information content (AvgIpc) is 1.97. The molecule has 8 aliphatic rings. The predicted octanol–water partition coefficient (Wildman–Crippen LogP) is 12.6. The van der Waals surface area contributed by atoms with Crippen LogP contribution in [0.5, 0.6) is 0 Å². The number of rotatable bonds is 21. The number of methoxy groups -OCH3 is 4. The Morgan fingerprint density at radius 1 is 0.451 bits per heavy atom. The second-order valence-electron chi connectivity index (χ2n) is 39.6. The summed E-state index contributed by atoms with van der Waals surface area (Å²) in [5, 5.41) is 23.1. The fourth-order valence-corrected chi connectivity index (χ4v) is 18.0. The zero-order valence-corrected chi connectivity index (χ0v) is 92.9. The van der Waals surface area contributed by atoms with Gasteiger partial charge in [0, 0.05) is 111 Å². The molecule has 37 nitrogen and oxygen atoms in total. The van der Waals surface area contributed by atoms with Gasteiger partial charge in [0.1, 0.15) is 50.8 Å². The number of nitrogens with zero attached hydrogens (tertiary/aromatic N) is 12. The third-order valence-electron chi connectivity index (χ3n) is 25.1. The minimum Gasteiger partial charge on any atom is -0.480 e. The Hall–Kier alpha value is -10.7. The van der Waals surface area contributed by atoms with E-state index in [4.69, 9.17) is 38.3 Å². The van der Waals surface area contributed by atoms with Gasteiger partial charge < -0.3 is 118 Å². The maximum atomic E-state index is 13.7. The number of aliphatic carboxylic acids is 1. The van der Waals surface area contributed by atoms with Crippen molar-refractivity contribution in [3.63, 3.8) is 0 Å². The average molecular weight is 2230 g/mol. The number of piperidine rings is 4. The van der Waals surface area contributed by atoms with Crippen molar-refractivity contribution < 1.29 is 105 Å². The highest BCUT2D eigenvalue weighted by atomic mass is 79.9. The first-order valence-corrected chi connectivity index (χ1v) is 51.2. The number of hydrogen-bond donors (Lipinski definition) is 5. The Morgan fingerprint density at radius 2 is 0.743 bits per heavy atom. The van der Waals surface area contributed by atoms with E-state index < -0.39 is 80.6 Å². The van der Waals surface area contributed by atoms with Gasteiger partial charge in [-0.2, -0.15) is 0 Å². The third kappa shape index (κ3) is 32.4. The number of likely N-dealkylation sites (N-methyl/N-ethyl adjacent to an activating group) is 2. The fraction of sp³-hybridized carbons (Fsp3) is 0.578. The van der Waals surface area contributed by atoms with Crippen molar-refractivity contribution in [3.8, 4) is 0 Å². The molecule has 5 aromatic carbocycles. The van der Waals surface area contributed by atoms with E-state index in [1.165, 1.54) is 40.6 Å². The quantitative estimate of drug-likeness (QED) is 0.0259. The molecule has 144 heavy (non-hydrogen) atoms. The number of carbonyl (C=O) groups excluding carboxylic acids is 12. The first-order chi connectivity index (χ1) is 67.4. The van der Waals surface area contributed by atoms with E-state index >= 15 is 0 Å². The number of esters is 4. The standard InChI is InChI=1S/C24H36N4O5.C22H30BrN3O5.C20H27N3O5.C19H28N4O3.C13H16FNO3.C2H4Br2.C2H7N.ClH/c1-23(2,3)33-22(31)26-13-11-24(12-14-26)21(30)27(16-15-25(4)5)17-28(24)19-9-7-18(8-10-19)20(29)32-6;1-21(2,3)31-20(29)24-12-9-22(10-13-24)19(28)25(14-11-23)15-26(22)17-7-5-16(6-8-17)18(27)30-4;1-19(2,3)28-18(26)22-11-9-20(10-12-22)17(25)21-13-23(20)15-7-5-14(6-8-15)16(24)27-4;1-21(2)12-13-22-14-23(19(18(22)25)8-10-20-11-9-19)16-6-4-15(5-7-16)17(24)26-3;1-7(2)11(13(17)18)15-12(16)9-6-8(3)4-5-10(9)14;3-1-2-4;1-3-2;/h7-10H,11-17H2,1-6H3;5-8H,9-15H2,1-4H3;5-8H,9-13H2,1-4H3,(H,21,25);4-7,20H,8-14H2,1-3H3;4-7,11H,1-3H3,(H,15,16)(H,17,18);1-2H2;3H,1-2H3;1H/t;;;;11-;;;/m....1.../s1. The Balaban J connectivity index is 0.000000273. The highest BCUT2D eigenvalue weighted by molar-refractivity contribution is 9.12. The van der Waals surface area contributed by atoms with E-state index in [9.17, 15) is 66.7 Å². The smallest absolute Gasteiger partial charge is 0.410 e. The summed E-state index contributed by atoms with van der Waals surface area (Å²) >= 11 is 9.83. The van der Waals surface area contributed by atoms with Crippen LogP contribution in [0.15, 0.2) is 115 Å². The van der Waals surface area contributed by atoms with Crippen LogP contribution in [-0.2, 0) is 57.1 Å². The number of aryl methyl sites for hydroxylation is 1. The van der Waals surface area contributed by atoms with Crippen LogP contribution >= 0.6 is 60.2 Å². The Morgan fingerprint density at radius 3 is 1.01 bits per heavy atom. The summed E-state index contributed by atoms with van der Waals surface area (Å²) in [5.41, 5.74) is 1.75. The van der Waals surface area contributed by atoms with Crippen LogP contribution in [-0.4, -0.2) is 365 Å².